The van der Waals surface area contributed by atoms with Gasteiger partial charge in [-0.3, -0.25) is 4.79 Å². The third-order valence-electron chi connectivity index (χ3n) is 4.09. The van der Waals surface area contributed by atoms with Gasteiger partial charge in [-0.15, -0.1) is 0 Å². The lowest BCUT2D eigenvalue weighted by Gasteiger charge is -2.20. The van der Waals surface area contributed by atoms with E-state index in [4.69, 9.17) is 4.74 Å². The average molecular weight is 483 g/mol. The predicted octanol–water partition coefficient (Wildman–Crippen LogP) is 6.65. The molecule has 0 saturated heterocycles. The molecule has 2 aromatic carbocycles. The maximum Gasteiger partial charge on any atom is 0.262 e. The van der Waals surface area contributed by atoms with Crippen molar-refractivity contribution in [3.63, 3.8) is 0 Å². The number of rotatable bonds is 5. The number of hydrogen-bond donors (Lipinski definition) is 1. The molecule has 0 spiro atoms. The van der Waals surface area contributed by atoms with Crippen LogP contribution in [0.2, 0.25) is 0 Å². The summed E-state index contributed by atoms with van der Waals surface area (Å²) in [6, 6.07) is 11.9. The largest absolute Gasteiger partial charge is 0.483 e. The van der Waals surface area contributed by atoms with Crippen LogP contribution in [0, 0.1) is 0 Å². The van der Waals surface area contributed by atoms with E-state index >= 15 is 0 Å². The van der Waals surface area contributed by atoms with Crippen molar-refractivity contribution in [2.45, 2.75) is 46.0 Å². The monoisotopic (exact) mass is 481 g/mol. The molecule has 0 bridgehead atoms. The van der Waals surface area contributed by atoms with Crippen LogP contribution >= 0.6 is 31.9 Å². The molecule has 0 fully saturated rings. The Morgan fingerprint density at radius 1 is 1.08 bits per heavy atom. The van der Waals surface area contributed by atoms with Crippen LogP contribution in [0.4, 0.5) is 5.69 Å². The molecule has 0 aliphatic carbocycles. The van der Waals surface area contributed by atoms with E-state index < -0.39 is 0 Å². The smallest absolute Gasteiger partial charge is 0.262 e. The zero-order chi connectivity index (χ0) is 19.5. The van der Waals surface area contributed by atoms with Gasteiger partial charge in [-0.2, -0.15) is 0 Å². The Kier molecular flexibility index (Phi) is 6.92. The summed E-state index contributed by atoms with van der Waals surface area (Å²) < 4.78 is 7.36. The maximum absolute atomic E-state index is 12.2. The van der Waals surface area contributed by atoms with Gasteiger partial charge in [0.05, 0.1) is 10.2 Å². The molecule has 5 heteroatoms. The number of carbonyl (C=O) groups is 1. The lowest BCUT2D eigenvalue weighted by atomic mass is 9.87. The molecular formula is C21H25Br2NO2. The van der Waals surface area contributed by atoms with Crippen LogP contribution in [0.3, 0.4) is 0 Å². The van der Waals surface area contributed by atoms with Gasteiger partial charge in [0.1, 0.15) is 5.75 Å². The van der Waals surface area contributed by atoms with Gasteiger partial charge >= 0.3 is 0 Å². The van der Waals surface area contributed by atoms with Crippen molar-refractivity contribution in [2.75, 3.05) is 11.9 Å². The number of carbonyl (C=O) groups excluding carboxylic acids is 1. The second kappa shape index (κ2) is 8.57. The molecule has 0 aliphatic rings. The third kappa shape index (κ3) is 5.58. The SMILES string of the molecule is CC(C)c1ccc(OCC(=O)Nc2ccc(C(C)(C)C)cc2Br)c(Br)c1. The molecule has 0 aromatic heterocycles. The van der Waals surface area contributed by atoms with Crippen molar-refractivity contribution in [3.05, 3.63) is 56.5 Å². The average Bonchev–Trinajstić information content (AvgIpc) is 2.54. The molecule has 1 N–H and O–H groups in total. The van der Waals surface area contributed by atoms with Gasteiger partial charge in [0.25, 0.3) is 5.91 Å². The van der Waals surface area contributed by atoms with Crippen LogP contribution < -0.4 is 10.1 Å². The van der Waals surface area contributed by atoms with Gasteiger partial charge in [0, 0.05) is 4.47 Å². The summed E-state index contributed by atoms with van der Waals surface area (Å²) in [5, 5.41) is 2.88. The Balaban J connectivity index is 1.99. The highest BCUT2D eigenvalue weighted by molar-refractivity contribution is 9.11. The van der Waals surface area contributed by atoms with Crippen LogP contribution in [0.25, 0.3) is 0 Å². The van der Waals surface area contributed by atoms with E-state index in [0.29, 0.717) is 11.7 Å². The summed E-state index contributed by atoms with van der Waals surface area (Å²) >= 11 is 7.04. The fraction of sp³-hybridized carbons (Fsp3) is 0.381. The van der Waals surface area contributed by atoms with Crippen LogP contribution in [-0.4, -0.2) is 12.5 Å². The Hall–Kier alpha value is -1.33. The second-order valence-electron chi connectivity index (χ2n) is 7.63. The molecule has 0 aliphatic heterocycles. The minimum atomic E-state index is -0.200. The predicted molar refractivity (Wildman–Crippen MR) is 115 cm³/mol. The molecule has 3 nitrogen and oxygen atoms in total. The molecule has 0 radical (unpaired) electrons. The standard InChI is InChI=1S/C21H25Br2NO2/c1-13(2)14-6-9-19(17(23)10-14)26-12-20(25)24-18-8-7-15(11-16(18)22)21(3,4)5/h6-11,13H,12H2,1-5H3,(H,24,25). The van der Waals surface area contributed by atoms with Crippen molar-refractivity contribution < 1.29 is 9.53 Å². The molecule has 0 unspecified atom stereocenters. The Morgan fingerprint density at radius 3 is 2.31 bits per heavy atom. The summed E-state index contributed by atoms with van der Waals surface area (Å²) in [7, 11) is 0. The highest BCUT2D eigenvalue weighted by Crippen LogP contribution is 2.31. The minimum Gasteiger partial charge on any atom is -0.483 e. The Morgan fingerprint density at radius 2 is 1.77 bits per heavy atom. The van der Waals surface area contributed by atoms with Crippen LogP contribution in [0.1, 0.15) is 51.7 Å². The van der Waals surface area contributed by atoms with Crippen molar-refractivity contribution in [1.82, 2.24) is 0 Å². The molecule has 2 aromatic rings. The van der Waals surface area contributed by atoms with E-state index in [1.54, 1.807) is 0 Å². The van der Waals surface area contributed by atoms with Crippen LogP contribution in [0.5, 0.6) is 5.75 Å². The van der Waals surface area contributed by atoms with Crippen LogP contribution in [0.15, 0.2) is 45.3 Å². The van der Waals surface area contributed by atoms with E-state index in [-0.39, 0.29) is 17.9 Å². The number of benzene rings is 2. The van der Waals surface area contributed by atoms with Gasteiger partial charge in [-0.25, -0.2) is 0 Å². The molecule has 1 amide bonds. The zero-order valence-corrected chi connectivity index (χ0v) is 19.0. The minimum absolute atomic E-state index is 0.0485. The first-order chi connectivity index (χ1) is 12.1. The van der Waals surface area contributed by atoms with E-state index in [1.807, 2.05) is 36.4 Å². The lowest BCUT2D eigenvalue weighted by Crippen LogP contribution is -2.21. The maximum atomic E-state index is 12.2. The first kappa shape index (κ1) is 21.0. The summed E-state index contributed by atoms with van der Waals surface area (Å²) in [6.45, 7) is 10.7. The highest BCUT2D eigenvalue weighted by Gasteiger charge is 2.16. The summed E-state index contributed by atoms with van der Waals surface area (Å²) in [4.78, 5) is 12.2. The zero-order valence-electron chi connectivity index (χ0n) is 15.8. The molecule has 0 heterocycles. The van der Waals surface area contributed by atoms with Crippen LogP contribution in [-0.2, 0) is 10.2 Å². The van der Waals surface area contributed by atoms with Gasteiger partial charge in [0.2, 0.25) is 0 Å². The fourth-order valence-electron chi connectivity index (χ4n) is 2.41. The van der Waals surface area contributed by atoms with E-state index in [0.717, 1.165) is 14.6 Å². The number of amides is 1. The van der Waals surface area contributed by atoms with Crippen molar-refractivity contribution in [2.24, 2.45) is 0 Å². The van der Waals surface area contributed by atoms with Gasteiger partial charge in [-0.1, -0.05) is 46.8 Å². The Bertz CT molecular complexity index is 795. The van der Waals surface area contributed by atoms with E-state index in [1.165, 1.54) is 11.1 Å². The number of halogens is 2. The van der Waals surface area contributed by atoms with Crippen molar-refractivity contribution >= 4 is 43.5 Å². The fourth-order valence-corrected chi connectivity index (χ4v) is 3.39. The van der Waals surface area contributed by atoms with Crippen molar-refractivity contribution in [1.29, 1.82) is 0 Å². The summed E-state index contributed by atoms with van der Waals surface area (Å²) in [5.74, 6) is 0.901. The summed E-state index contributed by atoms with van der Waals surface area (Å²) in [5.41, 5.74) is 3.22. The number of anilines is 1. The van der Waals surface area contributed by atoms with Gasteiger partial charge in [-0.05, 0) is 78.6 Å². The molecule has 26 heavy (non-hydrogen) atoms. The number of ether oxygens (including phenoxy) is 1. The molecule has 0 atom stereocenters. The first-order valence-electron chi connectivity index (χ1n) is 8.60. The highest BCUT2D eigenvalue weighted by atomic mass is 79.9. The van der Waals surface area contributed by atoms with E-state index in [2.05, 4.69) is 71.8 Å². The topological polar surface area (TPSA) is 38.3 Å². The number of hydrogen-bond acceptors (Lipinski definition) is 2. The quantitative estimate of drug-likeness (QED) is 0.517. The lowest BCUT2D eigenvalue weighted by molar-refractivity contribution is -0.118. The normalized spacial score (nSPS) is 11.5. The Labute approximate surface area is 172 Å². The molecule has 2 rings (SSSR count). The second-order valence-corrected chi connectivity index (χ2v) is 9.33. The molecule has 0 saturated carbocycles. The van der Waals surface area contributed by atoms with Gasteiger partial charge < -0.3 is 10.1 Å². The number of nitrogens with one attached hydrogen (secondary N) is 1. The first-order valence-corrected chi connectivity index (χ1v) is 10.2. The third-order valence-corrected chi connectivity index (χ3v) is 5.37. The van der Waals surface area contributed by atoms with Crippen molar-refractivity contribution in [3.8, 4) is 5.75 Å². The van der Waals surface area contributed by atoms with E-state index in [9.17, 15) is 4.79 Å². The summed E-state index contributed by atoms with van der Waals surface area (Å²) in [6.07, 6.45) is 0. The molecular weight excluding hydrogens is 458 g/mol. The van der Waals surface area contributed by atoms with Gasteiger partial charge in [0.15, 0.2) is 6.61 Å². The molecule has 140 valence electrons.